The van der Waals surface area contributed by atoms with E-state index in [1.165, 1.54) is 0 Å². The van der Waals surface area contributed by atoms with Gasteiger partial charge in [0.1, 0.15) is 0 Å². The Morgan fingerprint density at radius 2 is 1.95 bits per heavy atom. The van der Waals surface area contributed by atoms with E-state index in [9.17, 15) is 4.79 Å². The molecule has 0 aliphatic heterocycles. The number of rotatable bonds is 2. The molecular formula is C11H8N6O2. The molecule has 8 heteroatoms. The lowest BCUT2D eigenvalue weighted by Gasteiger charge is -2.03. The van der Waals surface area contributed by atoms with Gasteiger partial charge in [0.05, 0.1) is 11.0 Å². The van der Waals surface area contributed by atoms with Crippen molar-refractivity contribution in [2.75, 3.05) is 11.1 Å². The largest absolute Gasteiger partial charge is 0.379 e. The summed E-state index contributed by atoms with van der Waals surface area (Å²) in [5.74, 6) is -0.555. The summed E-state index contributed by atoms with van der Waals surface area (Å²) in [4.78, 5) is 20.1. The van der Waals surface area contributed by atoms with E-state index in [0.29, 0.717) is 11.2 Å². The number of fused-ring (bicyclic) bond motifs is 1. The van der Waals surface area contributed by atoms with Crippen LogP contribution in [0.2, 0.25) is 0 Å². The normalized spacial score (nSPS) is 10.5. The van der Waals surface area contributed by atoms with Crippen LogP contribution in [-0.4, -0.2) is 26.2 Å². The summed E-state index contributed by atoms with van der Waals surface area (Å²) in [7, 11) is 0. The molecule has 0 spiro atoms. The lowest BCUT2D eigenvalue weighted by atomic mass is 10.2. The van der Waals surface area contributed by atoms with E-state index in [4.69, 9.17) is 5.73 Å². The molecule has 0 unspecified atom stereocenters. The number of nitrogens with one attached hydrogen (secondary N) is 1. The van der Waals surface area contributed by atoms with E-state index < -0.39 is 5.91 Å². The third-order valence-corrected chi connectivity index (χ3v) is 2.46. The molecular weight excluding hydrogens is 248 g/mol. The van der Waals surface area contributed by atoms with Gasteiger partial charge in [-0.3, -0.25) is 14.8 Å². The van der Waals surface area contributed by atoms with Crippen molar-refractivity contribution in [3.63, 3.8) is 0 Å². The lowest BCUT2D eigenvalue weighted by molar-refractivity contribution is 0.101. The van der Waals surface area contributed by atoms with Crippen LogP contribution in [-0.2, 0) is 0 Å². The molecule has 1 amide bonds. The second kappa shape index (κ2) is 4.33. The number of carbonyl (C=O) groups excluding carboxylic acids is 1. The highest BCUT2D eigenvalue weighted by molar-refractivity contribution is 6.06. The van der Waals surface area contributed by atoms with Gasteiger partial charge in [-0.15, -0.1) is 0 Å². The SMILES string of the molecule is Nc1nonc1C(=O)Nc1ccc2nccnc2c1. The first-order valence-corrected chi connectivity index (χ1v) is 5.34. The van der Waals surface area contributed by atoms with E-state index >= 15 is 0 Å². The Hall–Kier alpha value is -3.03. The Morgan fingerprint density at radius 1 is 1.16 bits per heavy atom. The van der Waals surface area contributed by atoms with Crippen LogP contribution in [0.1, 0.15) is 10.5 Å². The van der Waals surface area contributed by atoms with Crippen LogP contribution in [0.4, 0.5) is 11.5 Å². The molecule has 0 radical (unpaired) electrons. The predicted molar refractivity (Wildman–Crippen MR) is 66.2 cm³/mol. The van der Waals surface area contributed by atoms with Gasteiger partial charge in [0.15, 0.2) is 0 Å². The number of anilines is 2. The minimum atomic E-state index is -0.498. The second-order valence-corrected chi connectivity index (χ2v) is 3.71. The minimum absolute atomic E-state index is 0.0563. The highest BCUT2D eigenvalue weighted by Crippen LogP contribution is 2.16. The molecule has 3 aromatic rings. The Bertz CT molecular complexity index is 754. The Balaban J connectivity index is 1.89. The van der Waals surface area contributed by atoms with E-state index in [-0.39, 0.29) is 11.5 Å². The summed E-state index contributed by atoms with van der Waals surface area (Å²) in [5, 5.41) is 9.39. The van der Waals surface area contributed by atoms with Gasteiger partial charge in [-0.25, -0.2) is 4.63 Å². The zero-order valence-corrected chi connectivity index (χ0v) is 9.57. The van der Waals surface area contributed by atoms with Crippen molar-refractivity contribution in [2.45, 2.75) is 0 Å². The molecule has 3 N–H and O–H groups in total. The number of nitrogen functional groups attached to an aromatic ring is 1. The molecule has 2 aromatic heterocycles. The molecule has 0 atom stereocenters. The maximum atomic E-state index is 11.8. The number of hydrogen-bond donors (Lipinski definition) is 2. The van der Waals surface area contributed by atoms with Crippen LogP contribution in [0.25, 0.3) is 11.0 Å². The van der Waals surface area contributed by atoms with Crippen LogP contribution in [0.15, 0.2) is 35.2 Å². The molecule has 0 bridgehead atoms. The van der Waals surface area contributed by atoms with Gasteiger partial charge in [-0.05, 0) is 28.5 Å². The molecule has 2 heterocycles. The first-order valence-electron chi connectivity index (χ1n) is 5.34. The molecule has 8 nitrogen and oxygen atoms in total. The summed E-state index contributed by atoms with van der Waals surface area (Å²) in [6, 6.07) is 5.16. The summed E-state index contributed by atoms with van der Waals surface area (Å²) in [6.45, 7) is 0. The maximum absolute atomic E-state index is 11.8. The van der Waals surface area contributed by atoms with Crippen molar-refractivity contribution in [3.8, 4) is 0 Å². The highest BCUT2D eigenvalue weighted by atomic mass is 16.6. The van der Waals surface area contributed by atoms with E-state index in [2.05, 4.69) is 30.2 Å². The fraction of sp³-hybridized carbons (Fsp3) is 0. The Labute approximate surface area is 106 Å². The van der Waals surface area contributed by atoms with Crippen molar-refractivity contribution in [1.82, 2.24) is 20.3 Å². The number of amides is 1. The zero-order chi connectivity index (χ0) is 13.2. The Morgan fingerprint density at radius 3 is 2.68 bits per heavy atom. The molecule has 3 rings (SSSR count). The zero-order valence-electron chi connectivity index (χ0n) is 9.57. The van der Waals surface area contributed by atoms with Gasteiger partial charge in [0.2, 0.25) is 11.5 Å². The molecule has 0 aliphatic rings. The van der Waals surface area contributed by atoms with Crippen LogP contribution in [0, 0.1) is 0 Å². The molecule has 19 heavy (non-hydrogen) atoms. The van der Waals surface area contributed by atoms with E-state index in [1.54, 1.807) is 30.6 Å². The topological polar surface area (TPSA) is 120 Å². The molecule has 0 fully saturated rings. The molecule has 1 aromatic carbocycles. The number of nitrogens with two attached hydrogens (primary N) is 1. The average Bonchev–Trinajstić information content (AvgIpc) is 2.85. The number of carbonyl (C=O) groups is 1. The van der Waals surface area contributed by atoms with Gasteiger partial charge >= 0.3 is 0 Å². The molecule has 94 valence electrons. The quantitative estimate of drug-likeness (QED) is 0.697. The van der Waals surface area contributed by atoms with Gasteiger partial charge < -0.3 is 11.1 Å². The van der Waals surface area contributed by atoms with Crippen molar-refractivity contribution in [2.24, 2.45) is 0 Å². The standard InChI is InChI=1S/C11H8N6O2/c12-10-9(16-19-17-10)11(18)15-6-1-2-7-8(5-6)14-4-3-13-7/h1-5H,(H2,12,17)(H,15,18). The molecule has 0 saturated carbocycles. The third-order valence-electron chi connectivity index (χ3n) is 2.46. The molecule has 0 saturated heterocycles. The van der Waals surface area contributed by atoms with Crippen molar-refractivity contribution >= 4 is 28.4 Å². The van der Waals surface area contributed by atoms with Gasteiger partial charge in [-0.2, -0.15) is 0 Å². The first-order chi connectivity index (χ1) is 9.24. The van der Waals surface area contributed by atoms with E-state index in [0.717, 1.165) is 5.52 Å². The third kappa shape index (κ3) is 2.06. The van der Waals surface area contributed by atoms with Crippen molar-refractivity contribution in [3.05, 3.63) is 36.3 Å². The number of nitrogens with zero attached hydrogens (tertiary/aromatic N) is 4. The number of benzene rings is 1. The van der Waals surface area contributed by atoms with Crippen LogP contribution >= 0.6 is 0 Å². The van der Waals surface area contributed by atoms with Crippen molar-refractivity contribution < 1.29 is 9.42 Å². The maximum Gasteiger partial charge on any atom is 0.281 e. The van der Waals surface area contributed by atoms with Gasteiger partial charge in [-0.1, -0.05) is 0 Å². The minimum Gasteiger partial charge on any atom is -0.379 e. The second-order valence-electron chi connectivity index (χ2n) is 3.71. The predicted octanol–water partition coefficient (Wildman–Crippen LogP) is 0.847. The smallest absolute Gasteiger partial charge is 0.281 e. The summed E-state index contributed by atoms with van der Waals surface area (Å²) in [6.07, 6.45) is 3.18. The summed E-state index contributed by atoms with van der Waals surface area (Å²) >= 11 is 0. The monoisotopic (exact) mass is 256 g/mol. The fourth-order valence-corrected chi connectivity index (χ4v) is 1.58. The number of aromatic nitrogens is 4. The summed E-state index contributed by atoms with van der Waals surface area (Å²) < 4.78 is 4.37. The fourth-order valence-electron chi connectivity index (χ4n) is 1.58. The number of hydrogen-bond acceptors (Lipinski definition) is 7. The van der Waals surface area contributed by atoms with Crippen LogP contribution < -0.4 is 11.1 Å². The van der Waals surface area contributed by atoms with E-state index in [1.807, 2.05) is 0 Å². The average molecular weight is 256 g/mol. The highest BCUT2D eigenvalue weighted by Gasteiger charge is 2.16. The van der Waals surface area contributed by atoms with Gasteiger partial charge in [0.25, 0.3) is 5.91 Å². The van der Waals surface area contributed by atoms with Crippen LogP contribution in [0.3, 0.4) is 0 Å². The van der Waals surface area contributed by atoms with Gasteiger partial charge in [0, 0.05) is 18.1 Å². The van der Waals surface area contributed by atoms with Crippen molar-refractivity contribution in [1.29, 1.82) is 0 Å². The Kier molecular flexibility index (Phi) is 2.53. The molecule has 0 aliphatic carbocycles. The first kappa shape index (κ1) is 11.1. The lowest BCUT2D eigenvalue weighted by Crippen LogP contribution is -2.14. The summed E-state index contributed by atoms with van der Waals surface area (Å²) in [5.41, 5.74) is 7.35. The van der Waals surface area contributed by atoms with Crippen LogP contribution in [0.5, 0.6) is 0 Å².